The highest BCUT2D eigenvalue weighted by Gasteiger charge is 2.30. The Morgan fingerprint density at radius 1 is 1.22 bits per heavy atom. The van der Waals surface area contributed by atoms with Crippen LogP contribution in [0.1, 0.15) is 38.8 Å². The maximum Gasteiger partial charge on any atom is 0.342 e. The third kappa shape index (κ3) is 3.92. The molecule has 0 saturated heterocycles. The zero-order chi connectivity index (χ0) is 19.6. The molecule has 7 nitrogen and oxygen atoms in total. The van der Waals surface area contributed by atoms with Gasteiger partial charge in [-0.3, -0.25) is 4.79 Å². The van der Waals surface area contributed by atoms with Crippen molar-refractivity contribution in [2.24, 2.45) is 0 Å². The minimum Gasteiger partial charge on any atom is -0.506 e. The van der Waals surface area contributed by atoms with Crippen LogP contribution < -0.4 is 5.32 Å². The van der Waals surface area contributed by atoms with E-state index < -0.39 is 29.6 Å². The van der Waals surface area contributed by atoms with Gasteiger partial charge >= 0.3 is 11.9 Å². The molecule has 1 amide bonds. The first-order valence-electron chi connectivity index (χ1n) is 8.50. The number of carboxylic acid groups (broad SMARTS) is 1. The summed E-state index contributed by atoms with van der Waals surface area (Å²) in [6, 6.07) is 10.7. The van der Waals surface area contributed by atoms with Crippen LogP contribution in [0.15, 0.2) is 42.5 Å². The highest BCUT2D eigenvalue weighted by molar-refractivity contribution is 6.04. The highest BCUT2D eigenvalue weighted by Crippen LogP contribution is 2.31. The fourth-order valence-electron chi connectivity index (χ4n) is 3.09. The van der Waals surface area contributed by atoms with Crippen LogP contribution >= 0.6 is 0 Å². The Kier molecular flexibility index (Phi) is 5.12. The van der Waals surface area contributed by atoms with Gasteiger partial charge in [0, 0.05) is 12.8 Å². The van der Waals surface area contributed by atoms with Crippen molar-refractivity contribution in [3.05, 3.63) is 64.7 Å². The van der Waals surface area contributed by atoms with Crippen LogP contribution in [0.3, 0.4) is 0 Å². The van der Waals surface area contributed by atoms with Crippen LogP contribution in [-0.4, -0.2) is 40.2 Å². The molecule has 1 heterocycles. The summed E-state index contributed by atoms with van der Waals surface area (Å²) in [7, 11) is 0. The molecule has 1 aliphatic heterocycles. The Bertz CT molecular complexity index is 893. The van der Waals surface area contributed by atoms with Crippen molar-refractivity contribution in [2.45, 2.75) is 31.9 Å². The molecule has 140 valence electrons. The van der Waals surface area contributed by atoms with Crippen LogP contribution in [-0.2, 0) is 22.4 Å². The molecule has 0 aromatic heterocycles. The SMILES string of the molecule is CC1Cc2ccc(C(=O)N[C@@H](Cc3ccccc3)C(=O)O)c(O)c2C(=O)O1. The number of carbonyl (C=O) groups is 3. The molecule has 2 aromatic carbocycles. The minimum atomic E-state index is -1.20. The number of aromatic hydroxyl groups is 1. The van der Waals surface area contributed by atoms with Gasteiger partial charge in [0.2, 0.25) is 0 Å². The van der Waals surface area contributed by atoms with Gasteiger partial charge in [-0.05, 0) is 24.1 Å². The summed E-state index contributed by atoms with van der Waals surface area (Å²) in [6.45, 7) is 1.74. The lowest BCUT2D eigenvalue weighted by atomic mass is 9.95. The number of hydrogen-bond acceptors (Lipinski definition) is 5. The number of ether oxygens (including phenoxy) is 1. The average Bonchev–Trinajstić information content (AvgIpc) is 2.61. The van der Waals surface area contributed by atoms with E-state index in [0.717, 1.165) is 5.56 Å². The number of benzene rings is 2. The Balaban J connectivity index is 1.84. The van der Waals surface area contributed by atoms with E-state index in [9.17, 15) is 24.6 Å². The van der Waals surface area contributed by atoms with Gasteiger partial charge in [0.1, 0.15) is 23.5 Å². The Morgan fingerprint density at radius 3 is 2.59 bits per heavy atom. The van der Waals surface area contributed by atoms with Crippen molar-refractivity contribution in [3.63, 3.8) is 0 Å². The van der Waals surface area contributed by atoms with Gasteiger partial charge in [0.25, 0.3) is 5.91 Å². The molecule has 0 spiro atoms. The summed E-state index contributed by atoms with van der Waals surface area (Å²) in [5.74, 6) is -3.16. The van der Waals surface area contributed by atoms with E-state index in [1.165, 1.54) is 6.07 Å². The van der Waals surface area contributed by atoms with Gasteiger partial charge in [-0.15, -0.1) is 0 Å². The summed E-state index contributed by atoms with van der Waals surface area (Å²) >= 11 is 0. The molecular weight excluding hydrogens is 350 g/mol. The molecule has 1 unspecified atom stereocenters. The zero-order valence-electron chi connectivity index (χ0n) is 14.6. The fraction of sp³-hybridized carbons (Fsp3) is 0.250. The molecule has 1 aliphatic rings. The fourth-order valence-corrected chi connectivity index (χ4v) is 3.09. The van der Waals surface area contributed by atoms with Crippen LogP contribution in [0.4, 0.5) is 0 Å². The van der Waals surface area contributed by atoms with Crippen molar-refractivity contribution in [3.8, 4) is 5.75 Å². The van der Waals surface area contributed by atoms with Crippen molar-refractivity contribution in [1.82, 2.24) is 5.32 Å². The normalized spacial score (nSPS) is 16.8. The number of aliphatic carboxylic acids is 1. The molecule has 2 atom stereocenters. The van der Waals surface area contributed by atoms with Crippen LogP contribution in [0, 0.1) is 0 Å². The summed E-state index contributed by atoms with van der Waals surface area (Å²) in [5, 5.41) is 22.2. The molecule has 0 aliphatic carbocycles. The third-order valence-corrected chi connectivity index (χ3v) is 4.41. The lowest BCUT2D eigenvalue weighted by Gasteiger charge is -2.23. The number of phenols is 1. The number of phenolic OH excluding ortho intramolecular Hbond substituents is 1. The van der Waals surface area contributed by atoms with E-state index in [0.29, 0.717) is 12.0 Å². The first-order chi connectivity index (χ1) is 12.9. The predicted octanol–water partition coefficient (Wildman–Crippen LogP) is 1.92. The van der Waals surface area contributed by atoms with Crippen molar-refractivity contribution in [2.75, 3.05) is 0 Å². The number of fused-ring (bicyclic) bond motifs is 1. The van der Waals surface area contributed by atoms with Crippen LogP contribution in [0.25, 0.3) is 0 Å². The maximum absolute atomic E-state index is 12.5. The molecule has 0 saturated carbocycles. The second kappa shape index (κ2) is 7.49. The molecule has 0 radical (unpaired) electrons. The van der Waals surface area contributed by atoms with Crippen molar-refractivity contribution < 1.29 is 29.3 Å². The van der Waals surface area contributed by atoms with Gasteiger partial charge in [-0.25, -0.2) is 9.59 Å². The van der Waals surface area contributed by atoms with Gasteiger partial charge in [0.05, 0.1) is 5.56 Å². The molecule has 3 N–H and O–H groups in total. The number of carbonyl (C=O) groups excluding carboxylic acids is 2. The second-order valence-electron chi connectivity index (χ2n) is 6.47. The second-order valence-corrected chi connectivity index (χ2v) is 6.47. The Morgan fingerprint density at radius 2 is 1.93 bits per heavy atom. The number of rotatable bonds is 5. The first-order valence-corrected chi connectivity index (χ1v) is 8.50. The average molecular weight is 369 g/mol. The van der Waals surface area contributed by atoms with E-state index in [4.69, 9.17) is 4.74 Å². The quantitative estimate of drug-likeness (QED) is 0.694. The first kappa shape index (κ1) is 18.4. The van der Waals surface area contributed by atoms with Crippen LogP contribution in [0.2, 0.25) is 0 Å². The van der Waals surface area contributed by atoms with E-state index >= 15 is 0 Å². The third-order valence-electron chi connectivity index (χ3n) is 4.41. The molecule has 0 bridgehead atoms. The van der Waals surface area contributed by atoms with E-state index in [1.54, 1.807) is 37.3 Å². The summed E-state index contributed by atoms with van der Waals surface area (Å²) in [5.41, 5.74) is 1.12. The van der Waals surface area contributed by atoms with E-state index in [-0.39, 0.29) is 23.7 Å². The summed E-state index contributed by atoms with van der Waals surface area (Å²) in [6.07, 6.45) is 0.210. The maximum atomic E-state index is 12.5. The zero-order valence-corrected chi connectivity index (χ0v) is 14.6. The standard InChI is InChI=1S/C20H19NO6/c1-11-9-13-7-8-14(17(22)16(13)20(26)27-11)18(23)21-15(19(24)25)10-12-5-3-2-4-6-12/h2-8,11,15,22H,9-10H2,1H3,(H,21,23)(H,24,25)/t11?,15-/m0/s1. The molecular formula is C20H19NO6. The lowest BCUT2D eigenvalue weighted by molar-refractivity contribution is -0.139. The number of cyclic esters (lactones) is 1. The van der Waals surface area contributed by atoms with Crippen molar-refractivity contribution >= 4 is 17.8 Å². The van der Waals surface area contributed by atoms with Gasteiger partial charge in [0.15, 0.2) is 0 Å². The molecule has 27 heavy (non-hydrogen) atoms. The Labute approximate surface area is 155 Å². The molecule has 0 fully saturated rings. The molecule has 7 heteroatoms. The lowest BCUT2D eigenvalue weighted by Crippen LogP contribution is -2.42. The largest absolute Gasteiger partial charge is 0.506 e. The van der Waals surface area contributed by atoms with Gasteiger partial charge < -0.3 is 20.3 Å². The van der Waals surface area contributed by atoms with E-state index in [1.807, 2.05) is 6.07 Å². The topological polar surface area (TPSA) is 113 Å². The van der Waals surface area contributed by atoms with E-state index in [2.05, 4.69) is 5.32 Å². The molecule has 2 aromatic rings. The molecule has 3 rings (SSSR count). The summed E-state index contributed by atoms with van der Waals surface area (Å²) < 4.78 is 5.10. The van der Waals surface area contributed by atoms with Gasteiger partial charge in [-0.1, -0.05) is 36.4 Å². The van der Waals surface area contributed by atoms with Gasteiger partial charge in [-0.2, -0.15) is 0 Å². The minimum absolute atomic E-state index is 0.0457. The monoisotopic (exact) mass is 369 g/mol. The van der Waals surface area contributed by atoms with Crippen molar-refractivity contribution in [1.29, 1.82) is 0 Å². The smallest absolute Gasteiger partial charge is 0.342 e. The number of hydrogen-bond donors (Lipinski definition) is 3. The number of amides is 1. The number of carboxylic acids is 1. The Hall–Kier alpha value is -3.35. The summed E-state index contributed by atoms with van der Waals surface area (Å²) in [4.78, 5) is 36.1. The predicted molar refractivity (Wildman–Crippen MR) is 95.7 cm³/mol. The number of esters is 1. The number of nitrogens with one attached hydrogen (secondary N) is 1. The highest BCUT2D eigenvalue weighted by atomic mass is 16.5. The van der Waals surface area contributed by atoms with Crippen LogP contribution in [0.5, 0.6) is 5.75 Å².